The molecule has 0 aliphatic heterocycles. The summed E-state index contributed by atoms with van der Waals surface area (Å²) in [6, 6.07) is 5.71. The molecule has 0 unspecified atom stereocenters. The summed E-state index contributed by atoms with van der Waals surface area (Å²) >= 11 is 4.45. The molecule has 10 heteroatoms. The molecule has 1 aromatic heterocycles. The van der Waals surface area contributed by atoms with Crippen LogP contribution >= 0.6 is 34.9 Å². The molecule has 1 N–H and O–H groups in total. The number of nitro groups is 1. The van der Waals surface area contributed by atoms with Gasteiger partial charge in [-0.15, -0.1) is 10.2 Å². The van der Waals surface area contributed by atoms with Gasteiger partial charge in [0.2, 0.25) is 5.91 Å². The highest BCUT2D eigenvalue weighted by molar-refractivity contribution is 8.03. The maximum Gasteiger partial charge on any atom is 0.269 e. The van der Waals surface area contributed by atoms with Crippen LogP contribution in [0.3, 0.4) is 0 Å². The molecule has 0 fully saturated rings. The summed E-state index contributed by atoms with van der Waals surface area (Å²) in [6.07, 6.45) is 1.07. The van der Waals surface area contributed by atoms with Gasteiger partial charge < -0.3 is 5.32 Å². The monoisotopic (exact) mass is 370 g/mol. The molecule has 0 bridgehead atoms. The third-order valence-electron chi connectivity index (χ3n) is 2.51. The van der Waals surface area contributed by atoms with Crippen molar-refractivity contribution in [3.63, 3.8) is 0 Å². The van der Waals surface area contributed by atoms with Crippen LogP contribution in [0.15, 0.2) is 32.9 Å². The highest BCUT2D eigenvalue weighted by Gasteiger charge is 2.10. The summed E-state index contributed by atoms with van der Waals surface area (Å²) < 4.78 is 1.66. The highest BCUT2D eigenvalue weighted by atomic mass is 32.2. The SMILES string of the molecule is CCCSc1nnc(SCC(=O)Nc2ccc([N+](=O)[O-])cc2)s1. The van der Waals surface area contributed by atoms with Crippen molar-refractivity contribution in [1.82, 2.24) is 10.2 Å². The van der Waals surface area contributed by atoms with Gasteiger partial charge in [0.1, 0.15) is 0 Å². The number of hydrogen-bond donors (Lipinski definition) is 1. The van der Waals surface area contributed by atoms with E-state index in [0.717, 1.165) is 20.9 Å². The Labute approximate surface area is 145 Å². The summed E-state index contributed by atoms with van der Waals surface area (Å²) in [6.45, 7) is 2.10. The average molecular weight is 370 g/mol. The van der Waals surface area contributed by atoms with Gasteiger partial charge in [-0.1, -0.05) is 41.8 Å². The maximum atomic E-state index is 11.9. The van der Waals surface area contributed by atoms with Gasteiger partial charge in [-0.25, -0.2) is 0 Å². The number of benzene rings is 1. The van der Waals surface area contributed by atoms with Gasteiger partial charge >= 0.3 is 0 Å². The molecular formula is C13H14N4O3S3. The lowest BCUT2D eigenvalue weighted by atomic mass is 10.3. The zero-order chi connectivity index (χ0) is 16.7. The molecule has 0 radical (unpaired) electrons. The van der Waals surface area contributed by atoms with Gasteiger partial charge in [0, 0.05) is 23.6 Å². The third-order valence-corrected chi connectivity index (χ3v) is 5.90. The summed E-state index contributed by atoms with van der Waals surface area (Å²) in [5, 5.41) is 21.3. The molecule has 0 aliphatic rings. The molecule has 1 heterocycles. The first-order chi connectivity index (χ1) is 11.1. The van der Waals surface area contributed by atoms with E-state index in [1.165, 1.54) is 47.4 Å². The van der Waals surface area contributed by atoms with E-state index in [1.54, 1.807) is 11.8 Å². The van der Waals surface area contributed by atoms with E-state index in [2.05, 4.69) is 22.4 Å². The van der Waals surface area contributed by atoms with Crippen LogP contribution in [0.4, 0.5) is 11.4 Å². The van der Waals surface area contributed by atoms with Crippen LogP contribution < -0.4 is 5.32 Å². The molecule has 2 rings (SSSR count). The van der Waals surface area contributed by atoms with Crippen LogP contribution in [0.1, 0.15) is 13.3 Å². The quantitative estimate of drug-likeness (QED) is 0.430. The standard InChI is InChI=1S/C13H14N4O3S3/c1-2-7-21-12-15-16-13(23-12)22-8-11(18)14-9-3-5-10(6-4-9)17(19)20/h3-6H,2,7-8H2,1H3,(H,14,18). The minimum atomic E-state index is -0.481. The zero-order valence-corrected chi connectivity index (χ0v) is 14.7. The largest absolute Gasteiger partial charge is 0.325 e. The number of amides is 1. The first-order valence-corrected chi connectivity index (χ1v) is 9.50. The average Bonchev–Trinajstić information content (AvgIpc) is 2.99. The molecule has 0 spiro atoms. The number of hydrogen-bond acceptors (Lipinski definition) is 8. The van der Waals surface area contributed by atoms with Crippen LogP contribution in [-0.4, -0.2) is 32.5 Å². The van der Waals surface area contributed by atoms with E-state index >= 15 is 0 Å². The molecule has 2 aromatic rings. The van der Waals surface area contributed by atoms with E-state index in [4.69, 9.17) is 0 Å². The van der Waals surface area contributed by atoms with E-state index in [9.17, 15) is 14.9 Å². The fourth-order valence-corrected chi connectivity index (χ4v) is 4.24. The lowest BCUT2D eigenvalue weighted by molar-refractivity contribution is -0.384. The summed E-state index contributed by atoms with van der Waals surface area (Å²) in [7, 11) is 0. The highest BCUT2D eigenvalue weighted by Crippen LogP contribution is 2.29. The van der Waals surface area contributed by atoms with Crippen molar-refractivity contribution in [2.75, 3.05) is 16.8 Å². The van der Waals surface area contributed by atoms with E-state index in [-0.39, 0.29) is 17.3 Å². The third kappa shape index (κ3) is 5.81. The molecule has 1 amide bonds. The van der Waals surface area contributed by atoms with Crippen molar-refractivity contribution in [2.24, 2.45) is 0 Å². The van der Waals surface area contributed by atoms with Crippen molar-refractivity contribution in [1.29, 1.82) is 0 Å². The van der Waals surface area contributed by atoms with E-state index < -0.39 is 4.92 Å². The fourth-order valence-electron chi connectivity index (χ4n) is 1.49. The molecule has 1 aromatic carbocycles. The summed E-state index contributed by atoms with van der Waals surface area (Å²) in [5.41, 5.74) is 0.515. The fraction of sp³-hybridized carbons (Fsp3) is 0.308. The molecule has 0 aliphatic carbocycles. The van der Waals surface area contributed by atoms with Crippen LogP contribution in [-0.2, 0) is 4.79 Å². The molecule has 0 saturated carbocycles. The normalized spacial score (nSPS) is 10.5. The van der Waals surface area contributed by atoms with Crippen molar-refractivity contribution in [3.8, 4) is 0 Å². The number of anilines is 1. The number of carbonyl (C=O) groups excluding carboxylic acids is 1. The first kappa shape index (κ1) is 17.7. The number of carbonyl (C=O) groups is 1. The minimum Gasteiger partial charge on any atom is -0.325 e. The molecule has 122 valence electrons. The molecule has 0 saturated heterocycles. The smallest absolute Gasteiger partial charge is 0.269 e. The Morgan fingerprint density at radius 3 is 2.52 bits per heavy atom. The van der Waals surface area contributed by atoms with Crippen LogP contribution in [0, 0.1) is 10.1 Å². The number of non-ortho nitro benzene ring substituents is 1. The number of rotatable bonds is 8. The summed E-state index contributed by atoms with van der Waals surface area (Å²) in [5.74, 6) is 1.02. The van der Waals surface area contributed by atoms with Crippen LogP contribution in [0.25, 0.3) is 0 Å². The number of thioether (sulfide) groups is 2. The second-order valence-corrected chi connectivity index (χ2v) is 7.87. The van der Waals surface area contributed by atoms with Gasteiger partial charge in [0.15, 0.2) is 8.68 Å². The Hall–Kier alpha value is -1.65. The van der Waals surface area contributed by atoms with E-state index in [0.29, 0.717) is 5.69 Å². The number of nitrogens with zero attached hydrogens (tertiary/aromatic N) is 3. The Morgan fingerprint density at radius 2 is 1.91 bits per heavy atom. The topological polar surface area (TPSA) is 98.0 Å². The lowest BCUT2D eigenvalue weighted by Gasteiger charge is -2.03. The maximum absolute atomic E-state index is 11.9. The van der Waals surface area contributed by atoms with Gasteiger partial charge in [0.25, 0.3) is 5.69 Å². The Kier molecular flexibility index (Phi) is 6.81. The van der Waals surface area contributed by atoms with Crippen molar-refractivity contribution >= 4 is 52.1 Å². The molecular weight excluding hydrogens is 356 g/mol. The minimum absolute atomic E-state index is 0.0108. The Morgan fingerprint density at radius 1 is 1.26 bits per heavy atom. The van der Waals surface area contributed by atoms with Crippen LogP contribution in [0.5, 0.6) is 0 Å². The van der Waals surface area contributed by atoms with Crippen molar-refractivity contribution < 1.29 is 9.72 Å². The Bertz CT molecular complexity index is 675. The lowest BCUT2D eigenvalue weighted by Crippen LogP contribution is -2.13. The zero-order valence-electron chi connectivity index (χ0n) is 12.2. The molecule has 23 heavy (non-hydrogen) atoms. The first-order valence-electron chi connectivity index (χ1n) is 6.72. The molecule has 0 atom stereocenters. The van der Waals surface area contributed by atoms with Crippen molar-refractivity contribution in [2.45, 2.75) is 22.0 Å². The van der Waals surface area contributed by atoms with Crippen LogP contribution in [0.2, 0.25) is 0 Å². The second kappa shape index (κ2) is 8.85. The van der Waals surface area contributed by atoms with Gasteiger partial charge in [0.05, 0.1) is 10.7 Å². The van der Waals surface area contributed by atoms with Gasteiger partial charge in [-0.05, 0) is 18.6 Å². The number of nitro benzene ring substituents is 1. The Balaban J connectivity index is 1.80. The van der Waals surface area contributed by atoms with E-state index in [1.807, 2.05) is 0 Å². The summed E-state index contributed by atoms with van der Waals surface area (Å²) in [4.78, 5) is 22.0. The second-order valence-electron chi connectivity index (χ2n) is 4.32. The predicted octanol–water partition coefficient (Wildman–Crippen LogP) is 3.68. The van der Waals surface area contributed by atoms with Crippen molar-refractivity contribution in [3.05, 3.63) is 34.4 Å². The number of aromatic nitrogens is 2. The van der Waals surface area contributed by atoms with Gasteiger partial charge in [-0.3, -0.25) is 14.9 Å². The predicted molar refractivity (Wildman–Crippen MR) is 93.4 cm³/mol. The van der Waals surface area contributed by atoms with Gasteiger partial charge in [-0.2, -0.15) is 0 Å². The number of nitrogens with one attached hydrogen (secondary N) is 1. The molecule has 7 nitrogen and oxygen atoms in total.